The van der Waals surface area contributed by atoms with E-state index in [0.717, 1.165) is 5.56 Å². The van der Waals surface area contributed by atoms with Crippen LogP contribution in [0.15, 0.2) is 65.3 Å². The Bertz CT molecular complexity index is 842. The molecule has 0 aliphatic carbocycles. The van der Waals surface area contributed by atoms with Crippen LogP contribution in [0.25, 0.3) is 4.48 Å². The van der Waals surface area contributed by atoms with Crippen LogP contribution >= 0.6 is 15.9 Å². The predicted molar refractivity (Wildman–Crippen MR) is 87.8 cm³/mol. The van der Waals surface area contributed by atoms with Crippen molar-refractivity contribution < 1.29 is 25.8 Å². The highest BCUT2D eigenvalue weighted by Gasteiger charge is 2.42. The molecule has 0 saturated carbocycles. The van der Waals surface area contributed by atoms with Gasteiger partial charge in [-0.15, -0.1) is 0 Å². The van der Waals surface area contributed by atoms with E-state index in [1.165, 1.54) is 48.5 Å². The summed E-state index contributed by atoms with van der Waals surface area (Å²) in [7, 11) is -4.62. The van der Waals surface area contributed by atoms with Gasteiger partial charge in [0.05, 0.1) is 4.48 Å². The largest absolute Gasteiger partial charge is 0.451 e. The van der Waals surface area contributed by atoms with Gasteiger partial charge in [0.25, 0.3) is 0 Å². The monoisotopic (exact) mass is 420 g/mol. The number of allylic oxidation sites excluding steroid dienone is 1. The van der Waals surface area contributed by atoms with Gasteiger partial charge in [-0.25, -0.2) is 0 Å². The third-order valence-electron chi connectivity index (χ3n) is 2.99. The smallest absolute Gasteiger partial charge is 0.372 e. The summed E-state index contributed by atoms with van der Waals surface area (Å²) in [6.07, 6.45) is -4.99. The summed E-state index contributed by atoms with van der Waals surface area (Å²) in [4.78, 5) is -0.358. The number of hydrogen-bond donors (Lipinski definition) is 0. The van der Waals surface area contributed by atoms with Crippen molar-refractivity contribution >= 4 is 30.5 Å². The summed E-state index contributed by atoms with van der Waals surface area (Å²) in [5.74, 6) is -1.63. The normalized spacial score (nSPS) is 13.4. The van der Waals surface area contributed by atoms with E-state index in [4.69, 9.17) is 0 Å². The van der Waals surface area contributed by atoms with Crippen molar-refractivity contribution in [1.82, 2.24) is 0 Å². The number of benzene rings is 2. The van der Waals surface area contributed by atoms with E-state index in [9.17, 15) is 21.6 Å². The number of hydrogen-bond acceptors (Lipinski definition) is 3. The minimum atomic E-state index is -4.99. The van der Waals surface area contributed by atoms with Crippen molar-refractivity contribution in [2.75, 3.05) is 0 Å². The molecular weight excluding hydrogens is 409 g/mol. The van der Waals surface area contributed by atoms with E-state index in [-0.39, 0.29) is 10.5 Å². The predicted octanol–water partition coefficient (Wildman–Crippen LogP) is 5.03. The molecule has 0 bridgehead atoms. The molecule has 0 amide bonds. The Morgan fingerprint density at radius 3 is 2.04 bits per heavy atom. The van der Waals surface area contributed by atoms with Crippen LogP contribution in [0.4, 0.5) is 13.2 Å². The average Bonchev–Trinajstić information content (AvgIpc) is 2.52. The Morgan fingerprint density at radius 1 is 1.00 bits per heavy atom. The lowest BCUT2D eigenvalue weighted by Crippen LogP contribution is -2.19. The lowest BCUT2D eigenvalue weighted by Gasteiger charge is -2.16. The van der Waals surface area contributed by atoms with Gasteiger partial charge in [0.2, 0.25) is 5.76 Å². The lowest BCUT2D eigenvalue weighted by atomic mass is 10.2. The van der Waals surface area contributed by atoms with Crippen LogP contribution in [-0.2, 0) is 14.3 Å². The first-order chi connectivity index (χ1) is 11.1. The standard InChI is InChI=1S/C16H12BrF3O3S/c1-11-7-9-13(10-8-11)24(21,22)23-15(16(18,19)20)14(17)12-5-3-2-4-6-12/h2-10H,1H3/b15-14-. The van der Waals surface area contributed by atoms with Crippen molar-refractivity contribution in [2.45, 2.75) is 18.0 Å². The molecule has 24 heavy (non-hydrogen) atoms. The van der Waals surface area contributed by atoms with Crippen LogP contribution in [0, 0.1) is 6.92 Å². The highest BCUT2D eigenvalue weighted by atomic mass is 79.9. The Labute approximate surface area is 146 Å². The van der Waals surface area contributed by atoms with Crippen LogP contribution in [0.3, 0.4) is 0 Å². The fourth-order valence-corrected chi connectivity index (χ4v) is 3.43. The third-order valence-corrected chi connectivity index (χ3v) is 5.04. The Kier molecular flexibility index (Phi) is 5.39. The molecule has 0 spiro atoms. The molecule has 2 aromatic carbocycles. The molecule has 8 heteroatoms. The van der Waals surface area contributed by atoms with Gasteiger partial charge in [-0.2, -0.15) is 21.6 Å². The molecule has 0 unspecified atom stereocenters. The highest BCUT2D eigenvalue weighted by Crippen LogP contribution is 2.38. The van der Waals surface area contributed by atoms with Crippen LogP contribution in [0.5, 0.6) is 0 Å². The molecule has 128 valence electrons. The van der Waals surface area contributed by atoms with Gasteiger partial charge in [-0.3, -0.25) is 0 Å². The maximum Gasteiger partial charge on any atom is 0.451 e. The minimum Gasteiger partial charge on any atom is -0.372 e. The Morgan fingerprint density at radius 2 is 1.54 bits per heavy atom. The van der Waals surface area contributed by atoms with Gasteiger partial charge < -0.3 is 4.18 Å². The van der Waals surface area contributed by atoms with Gasteiger partial charge >= 0.3 is 16.3 Å². The molecule has 0 fully saturated rings. The van der Waals surface area contributed by atoms with Crippen molar-refractivity contribution in [1.29, 1.82) is 0 Å². The summed E-state index contributed by atoms with van der Waals surface area (Å²) in [5.41, 5.74) is 0.912. The third kappa shape index (κ3) is 4.39. The SMILES string of the molecule is Cc1ccc(S(=O)(=O)O/C(=C(\Br)c2ccccc2)C(F)(F)F)cc1. The van der Waals surface area contributed by atoms with Gasteiger partial charge in [-0.1, -0.05) is 48.0 Å². The molecule has 0 saturated heterocycles. The number of alkyl halides is 3. The van der Waals surface area contributed by atoms with E-state index in [0.29, 0.717) is 0 Å². The first-order valence-corrected chi connectivity index (χ1v) is 8.85. The summed E-state index contributed by atoms with van der Waals surface area (Å²) in [6, 6.07) is 12.8. The summed E-state index contributed by atoms with van der Waals surface area (Å²) in [5, 5.41) is 0. The van der Waals surface area contributed by atoms with Crippen molar-refractivity contribution in [3.05, 3.63) is 71.5 Å². The number of halogens is 4. The second kappa shape index (κ2) is 6.98. The van der Waals surface area contributed by atoms with E-state index in [1.807, 2.05) is 0 Å². The number of aryl methyl sites for hydroxylation is 1. The molecule has 3 nitrogen and oxygen atoms in total. The molecular formula is C16H12BrF3O3S. The molecule has 0 atom stereocenters. The second-order valence-corrected chi connectivity index (χ2v) is 7.20. The maximum absolute atomic E-state index is 13.3. The summed E-state index contributed by atoms with van der Waals surface area (Å²) < 4.78 is 68.1. The average molecular weight is 421 g/mol. The van der Waals surface area contributed by atoms with Crippen molar-refractivity contribution in [3.63, 3.8) is 0 Å². The molecule has 0 radical (unpaired) electrons. The lowest BCUT2D eigenvalue weighted by molar-refractivity contribution is -0.114. The fourth-order valence-electron chi connectivity index (χ4n) is 1.79. The molecule has 0 aliphatic heterocycles. The quantitative estimate of drug-likeness (QED) is 0.514. The zero-order chi connectivity index (χ0) is 18.0. The van der Waals surface area contributed by atoms with Gasteiger partial charge in [-0.05, 0) is 40.5 Å². The second-order valence-electron chi connectivity index (χ2n) is 4.86. The molecule has 0 aliphatic rings. The molecule has 0 N–H and O–H groups in total. The van der Waals surface area contributed by atoms with Crippen molar-refractivity contribution in [2.24, 2.45) is 0 Å². The molecule has 0 heterocycles. The van der Waals surface area contributed by atoms with E-state index in [1.54, 1.807) is 13.0 Å². The van der Waals surface area contributed by atoms with Gasteiger partial charge in [0.1, 0.15) is 4.90 Å². The van der Waals surface area contributed by atoms with Gasteiger partial charge in [0.15, 0.2) is 0 Å². The topological polar surface area (TPSA) is 43.4 Å². The van der Waals surface area contributed by atoms with Gasteiger partial charge in [0, 0.05) is 0 Å². The zero-order valence-electron chi connectivity index (χ0n) is 12.3. The minimum absolute atomic E-state index is 0.143. The van der Waals surface area contributed by atoms with E-state index in [2.05, 4.69) is 20.1 Å². The first kappa shape index (κ1) is 18.5. The zero-order valence-corrected chi connectivity index (χ0v) is 14.7. The molecule has 2 aromatic rings. The fraction of sp³-hybridized carbons (Fsp3) is 0.125. The summed E-state index contributed by atoms with van der Waals surface area (Å²) >= 11 is 2.80. The number of rotatable bonds is 4. The van der Waals surface area contributed by atoms with Crippen LogP contribution in [0.1, 0.15) is 11.1 Å². The highest BCUT2D eigenvalue weighted by molar-refractivity contribution is 9.15. The maximum atomic E-state index is 13.3. The Balaban J connectivity index is 2.49. The van der Waals surface area contributed by atoms with E-state index >= 15 is 0 Å². The summed E-state index contributed by atoms with van der Waals surface area (Å²) in [6.45, 7) is 1.73. The Hall–Kier alpha value is -1.80. The van der Waals surface area contributed by atoms with Crippen LogP contribution in [-0.4, -0.2) is 14.6 Å². The molecule has 2 rings (SSSR count). The van der Waals surface area contributed by atoms with Crippen molar-refractivity contribution in [3.8, 4) is 0 Å². The van der Waals surface area contributed by atoms with Crippen LogP contribution in [0.2, 0.25) is 0 Å². The van der Waals surface area contributed by atoms with Crippen LogP contribution < -0.4 is 0 Å². The first-order valence-electron chi connectivity index (χ1n) is 6.65. The van der Waals surface area contributed by atoms with E-state index < -0.39 is 26.5 Å². The molecule has 0 aromatic heterocycles.